The molecule has 0 fully saturated rings. The lowest BCUT2D eigenvalue weighted by Crippen LogP contribution is -2.19. The van der Waals surface area contributed by atoms with Crippen molar-refractivity contribution in [3.63, 3.8) is 0 Å². The number of carbonyl (C=O) groups excluding carboxylic acids is 1. The number of hydrogen-bond acceptors (Lipinski definition) is 5. The van der Waals surface area contributed by atoms with Gasteiger partial charge in [-0.15, -0.1) is 0 Å². The van der Waals surface area contributed by atoms with Crippen LogP contribution in [0.3, 0.4) is 0 Å². The highest BCUT2D eigenvalue weighted by Crippen LogP contribution is 2.24. The molecule has 4 aromatic carbocycles. The molecule has 164 valence electrons. The quantitative estimate of drug-likeness (QED) is 0.360. The van der Waals surface area contributed by atoms with E-state index in [0.717, 1.165) is 10.8 Å². The molecule has 0 saturated heterocycles. The van der Waals surface area contributed by atoms with Crippen LogP contribution in [0, 0.1) is 0 Å². The molecule has 9 nitrogen and oxygen atoms in total. The average Bonchev–Trinajstić information content (AvgIpc) is 2.71. The summed E-state index contributed by atoms with van der Waals surface area (Å²) in [5.74, 6) is 0. The molecule has 0 aromatic heterocycles. The molecule has 0 saturated carbocycles. The topological polar surface area (TPSA) is 161 Å². The molecule has 0 radical (unpaired) electrons. The third kappa shape index (κ3) is 4.70. The van der Waals surface area contributed by atoms with E-state index in [2.05, 4.69) is 10.6 Å². The van der Waals surface area contributed by atoms with Crippen LogP contribution in [0.1, 0.15) is 0 Å². The van der Waals surface area contributed by atoms with E-state index in [1.165, 1.54) is 24.3 Å². The Kier molecular flexibility index (Phi) is 5.34. The Balaban J connectivity index is 1.56. The van der Waals surface area contributed by atoms with E-state index < -0.39 is 26.1 Å². The lowest BCUT2D eigenvalue weighted by molar-refractivity contribution is 0.262. The van der Waals surface area contributed by atoms with Crippen molar-refractivity contribution in [2.45, 2.75) is 9.79 Å². The van der Waals surface area contributed by atoms with Crippen molar-refractivity contribution in [3.05, 3.63) is 72.8 Å². The van der Waals surface area contributed by atoms with Crippen molar-refractivity contribution in [2.75, 3.05) is 10.6 Å². The Morgan fingerprint density at radius 3 is 1.31 bits per heavy atom. The first-order valence-corrected chi connectivity index (χ1v) is 12.3. The maximum absolute atomic E-state index is 12.5. The number of carbonyl (C=O) groups is 1. The largest absolute Gasteiger partial charge is 0.323 e. The Hall–Kier alpha value is -3.51. The number of anilines is 2. The number of primary sulfonamides is 2. The highest BCUT2D eigenvalue weighted by atomic mass is 32.2. The van der Waals surface area contributed by atoms with Gasteiger partial charge in [0.05, 0.1) is 9.79 Å². The summed E-state index contributed by atoms with van der Waals surface area (Å²) in [6.45, 7) is 0. The summed E-state index contributed by atoms with van der Waals surface area (Å²) in [5.41, 5.74) is 0.887. The van der Waals surface area contributed by atoms with Crippen molar-refractivity contribution in [1.82, 2.24) is 0 Å². The van der Waals surface area contributed by atoms with E-state index >= 15 is 0 Å². The van der Waals surface area contributed by atoms with Crippen LogP contribution in [0.25, 0.3) is 21.5 Å². The smallest absolute Gasteiger partial charge is 0.308 e. The molecule has 0 unspecified atom stereocenters. The first-order valence-electron chi connectivity index (χ1n) is 9.20. The average molecular weight is 471 g/mol. The summed E-state index contributed by atoms with van der Waals surface area (Å²) < 4.78 is 46.3. The van der Waals surface area contributed by atoms with Crippen LogP contribution in [-0.4, -0.2) is 22.9 Å². The van der Waals surface area contributed by atoms with Crippen molar-refractivity contribution < 1.29 is 21.6 Å². The summed E-state index contributed by atoms with van der Waals surface area (Å²) in [4.78, 5) is 12.4. The van der Waals surface area contributed by atoms with Gasteiger partial charge >= 0.3 is 6.03 Å². The zero-order valence-corrected chi connectivity index (χ0v) is 18.1. The fraction of sp³-hybridized carbons (Fsp3) is 0. The van der Waals surface area contributed by atoms with E-state index in [4.69, 9.17) is 10.3 Å². The molecule has 0 atom stereocenters. The Labute approximate surface area is 184 Å². The van der Waals surface area contributed by atoms with Gasteiger partial charge in [0.15, 0.2) is 0 Å². The number of benzene rings is 4. The van der Waals surface area contributed by atoms with Gasteiger partial charge in [-0.2, -0.15) is 0 Å². The number of hydrogen-bond donors (Lipinski definition) is 4. The van der Waals surface area contributed by atoms with Crippen LogP contribution in [-0.2, 0) is 20.0 Å². The number of nitrogens with two attached hydrogens (primary N) is 2. The normalized spacial score (nSPS) is 12.1. The number of sulfonamides is 2. The summed E-state index contributed by atoms with van der Waals surface area (Å²) in [6.07, 6.45) is 0. The minimum Gasteiger partial charge on any atom is -0.308 e. The highest BCUT2D eigenvalue weighted by Gasteiger charge is 2.11. The number of amides is 2. The first kappa shape index (κ1) is 21.7. The molecule has 0 spiro atoms. The van der Waals surface area contributed by atoms with Crippen LogP contribution < -0.4 is 20.9 Å². The van der Waals surface area contributed by atoms with Crippen molar-refractivity contribution in [3.8, 4) is 0 Å². The minimum absolute atomic E-state index is 0.0263. The van der Waals surface area contributed by atoms with Gasteiger partial charge in [-0.25, -0.2) is 31.9 Å². The van der Waals surface area contributed by atoms with Crippen molar-refractivity contribution in [2.24, 2.45) is 10.3 Å². The molecule has 0 bridgehead atoms. The van der Waals surface area contributed by atoms with Gasteiger partial charge in [-0.1, -0.05) is 24.3 Å². The zero-order chi connectivity index (χ0) is 23.1. The number of fused-ring (bicyclic) bond motifs is 2. The second-order valence-corrected chi connectivity index (χ2v) is 10.2. The first-order chi connectivity index (χ1) is 15.0. The van der Waals surface area contributed by atoms with Gasteiger partial charge in [0.1, 0.15) is 0 Å². The van der Waals surface area contributed by atoms with Gasteiger partial charge in [-0.05, 0) is 70.1 Å². The monoisotopic (exact) mass is 470 g/mol. The Bertz CT molecular complexity index is 1480. The second-order valence-electron chi connectivity index (χ2n) is 7.12. The van der Waals surface area contributed by atoms with Gasteiger partial charge in [0.25, 0.3) is 0 Å². The number of rotatable bonds is 4. The molecule has 0 aliphatic rings. The van der Waals surface area contributed by atoms with E-state index in [1.54, 1.807) is 48.5 Å². The minimum atomic E-state index is -3.85. The fourth-order valence-corrected chi connectivity index (χ4v) is 4.35. The maximum Gasteiger partial charge on any atom is 0.323 e. The fourth-order valence-electron chi connectivity index (χ4n) is 3.25. The van der Waals surface area contributed by atoms with E-state index in [9.17, 15) is 21.6 Å². The van der Waals surface area contributed by atoms with Crippen LogP contribution in [0.2, 0.25) is 0 Å². The highest BCUT2D eigenvalue weighted by molar-refractivity contribution is 7.89. The summed E-state index contributed by atoms with van der Waals surface area (Å²) in [6, 6.07) is 18.5. The molecule has 0 aliphatic heterocycles. The summed E-state index contributed by atoms with van der Waals surface area (Å²) >= 11 is 0. The van der Waals surface area contributed by atoms with Gasteiger partial charge in [0.2, 0.25) is 20.0 Å². The summed E-state index contributed by atoms with van der Waals surface area (Å²) in [5, 5.41) is 18.5. The zero-order valence-electron chi connectivity index (χ0n) is 16.4. The van der Waals surface area contributed by atoms with Crippen molar-refractivity contribution in [1.29, 1.82) is 0 Å². The van der Waals surface area contributed by atoms with E-state index in [-0.39, 0.29) is 9.79 Å². The third-order valence-electron chi connectivity index (χ3n) is 4.80. The molecule has 11 heteroatoms. The van der Waals surface area contributed by atoms with Gasteiger partial charge in [0, 0.05) is 11.4 Å². The molecule has 0 heterocycles. The standard InChI is InChI=1S/C21H18N4O5S2/c22-31(27,28)19-7-3-13-1-5-17(9-15(13)11-19)24-21(26)25-18-6-2-14-4-8-20(32(23,29)30)12-16(14)10-18/h1-12H,(H2,22,27,28)(H2,23,29,30)(H2,24,25,26). The molecule has 4 aromatic rings. The molecule has 4 rings (SSSR count). The molecule has 0 aliphatic carbocycles. The number of urea groups is 1. The molecular formula is C21H18N4O5S2. The van der Waals surface area contributed by atoms with E-state index in [1.807, 2.05) is 0 Å². The lowest BCUT2D eigenvalue weighted by atomic mass is 10.1. The Morgan fingerprint density at radius 2 is 0.938 bits per heavy atom. The summed E-state index contributed by atoms with van der Waals surface area (Å²) in [7, 11) is -7.69. The molecular weight excluding hydrogens is 452 g/mol. The lowest BCUT2D eigenvalue weighted by Gasteiger charge is -2.10. The maximum atomic E-state index is 12.5. The molecule has 32 heavy (non-hydrogen) atoms. The molecule has 6 N–H and O–H groups in total. The van der Waals surface area contributed by atoms with Gasteiger partial charge in [-0.3, -0.25) is 0 Å². The predicted molar refractivity (Wildman–Crippen MR) is 123 cm³/mol. The third-order valence-corrected chi connectivity index (χ3v) is 6.62. The van der Waals surface area contributed by atoms with Gasteiger partial charge < -0.3 is 10.6 Å². The van der Waals surface area contributed by atoms with Crippen molar-refractivity contribution >= 4 is 59.0 Å². The Morgan fingerprint density at radius 1 is 0.562 bits per heavy atom. The van der Waals surface area contributed by atoms with Crippen LogP contribution in [0.4, 0.5) is 16.2 Å². The number of nitrogens with one attached hydrogen (secondary N) is 2. The van der Waals surface area contributed by atoms with Crippen LogP contribution >= 0.6 is 0 Å². The SMILES string of the molecule is NS(=O)(=O)c1ccc2ccc(NC(=O)Nc3ccc4ccc(S(N)(=O)=O)cc4c3)cc2c1. The van der Waals surface area contributed by atoms with E-state index in [0.29, 0.717) is 22.1 Å². The molecule has 2 amide bonds. The van der Waals surface area contributed by atoms with Crippen LogP contribution in [0.5, 0.6) is 0 Å². The predicted octanol–water partition coefficient (Wildman–Crippen LogP) is 2.93. The second kappa shape index (κ2) is 7.88. The van der Waals surface area contributed by atoms with Crippen LogP contribution in [0.15, 0.2) is 82.6 Å².